The minimum absolute atomic E-state index is 0.0438. The molecule has 0 aliphatic heterocycles. The highest BCUT2D eigenvalue weighted by atomic mass is 32.2. The van der Waals surface area contributed by atoms with Gasteiger partial charge >= 0.3 is 0 Å². The summed E-state index contributed by atoms with van der Waals surface area (Å²) in [7, 11) is -3.44. The summed E-state index contributed by atoms with van der Waals surface area (Å²) in [6.07, 6.45) is 0.924. The number of nitrogens with two attached hydrogens (primary N) is 1. The van der Waals surface area contributed by atoms with Gasteiger partial charge in [-0.25, -0.2) is 17.2 Å². The van der Waals surface area contributed by atoms with Crippen molar-refractivity contribution in [3.63, 3.8) is 0 Å². The lowest BCUT2D eigenvalue weighted by Gasteiger charge is -2.28. The smallest absolute Gasteiger partial charge is 0.248 e. The van der Waals surface area contributed by atoms with Gasteiger partial charge in [-0.1, -0.05) is 19.1 Å². The largest absolute Gasteiger partial charge is 0.330 e. The summed E-state index contributed by atoms with van der Waals surface area (Å²) in [5.41, 5.74) is 6.51. The van der Waals surface area contributed by atoms with Gasteiger partial charge in [-0.15, -0.1) is 0 Å². The van der Waals surface area contributed by atoms with Gasteiger partial charge in [-0.3, -0.25) is 0 Å². The fraction of sp³-hybridized carbons (Fsp3) is 0.647. The molecule has 2 N–H and O–H groups in total. The Balaban J connectivity index is 2.09. The molecular formula is C17H25F2NO2S. The molecule has 23 heavy (non-hydrogen) atoms. The van der Waals surface area contributed by atoms with Crippen LogP contribution in [0.1, 0.15) is 50.5 Å². The topological polar surface area (TPSA) is 60.2 Å². The molecule has 6 heteroatoms. The average molecular weight is 345 g/mol. The Kier molecular flexibility index (Phi) is 5.79. The summed E-state index contributed by atoms with van der Waals surface area (Å²) in [5.74, 6) is -2.65. The van der Waals surface area contributed by atoms with Gasteiger partial charge in [0.05, 0.1) is 10.6 Å². The quantitative estimate of drug-likeness (QED) is 0.854. The zero-order chi connectivity index (χ0) is 17.1. The number of benzene rings is 1. The number of sulfone groups is 1. The Hall–Kier alpha value is -1.01. The van der Waals surface area contributed by atoms with Gasteiger partial charge in [0, 0.05) is 12.8 Å². The number of halogens is 2. The standard InChI is InChI=1S/C17H25F2NO2S/c1-13(7-10-20)15-3-2-4-16(11-15)23(21,22)12-14-5-8-17(18,19)9-6-14/h2-4,11,13-14H,5-10,12,20H2,1H3. The van der Waals surface area contributed by atoms with Gasteiger partial charge in [0.15, 0.2) is 9.84 Å². The minimum Gasteiger partial charge on any atom is -0.330 e. The van der Waals surface area contributed by atoms with Gasteiger partial charge in [0.25, 0.3) is 0 Å². The van der Waals surface area contributed by atoms with E-state index in [0.29, 0.717) is 6.54 Å². The van der Waals surface area contributed by atoms with E-state index in [1.165, 1.54) is 0 Å². The van der Waals surface area contributed by atoms with Crippen molar-refractivity contribution in [2.24, 2.45) is 11.7 Å². The summed E-state index contributed by atoms with van der Waals surface area (Å²) in [5, 5.41) is 0. The first-order chi connectivity index (χ1) is 10.7. The van der Waals surface area contributed by atoms with Crippen LogP contribution in [0.4, 0.5) is 8.78 Å². The van der Waals surface area contributed by atoms with E-state index in [4.69, 9.17) is 5.73 Å². The van der Waals surface area contributed by atoms with Crippen molar-refractivity contribution in [1.82, 2.24) is 0 Å². The molecule has 1 aliphatic rings. The maximum Gasteiger partial charge on any atom is 0.248 e. The average Bonchev–Trinajstić information content (AvgIpc) is 2.50. The molecule has 0 saturated heterocycles. The first-order valence-corrected chi connectivity index (χ1v) is 9.79. The highest BCUT2D eigenvalue weighted by molar-refractivity contribution is 7.91. The maximum atomic E-state index is 13.2. The molecule has 130 valence electrons. The molecule has 1 atom stereocenters. The molecular weight excluding hydrogens is 320 g/mol. The van der Waals surface area contributed by atoms with Crippen LogP contribution in [0.3, 0.4) is 0 Å². The van der Waals surface area contributed by atoms with Crippen LogP contribution in [-0.4, -0.2) is 26.6 Å². The first-order valence-electron chi connectivity index (χ1n) is 8.14. The summed E-state index contributed by atoms with van der Waals surface area (Å²) >= 11 is 0. The second kappa shape index (κ2) is 7.26. The zero-order valence-corrected chi connectivity index (χ0v) is 14.3. The predicted octanol–water partition coefficient (Wildman–Crippen LogP) is 3.74. The second-order valence-corrected chi connectivity index (χ2v) is 8.67. The van der Waals surface area contributed by atoms with Crippen molar-refractivity contribution >= 4 is 9.84 Å². The molecule has 1 aromatic rings. The zero-order valence-electron chi connectivity index (χ0n) is 13.5. The third-order valence-corrected chi connectivity index (χ3v) is 6.56. The number of rotatable bonds is 6. The Morgan fingerprint density at radius 3 is 2.57 bits per heavy atom. The van der Waals surface area contributed by atoms with Crippen LogP contribution in [0.2, 0.25) is 0 Å². The van der Waals surface area contributed by atoms with Crippen molar-refractivity contribution in [3.05, 3.63) is 29.8 Å². The van der Waals surface area contributed by atoms with Crippen LogP contribution in [0.25, 0.3) is 0 Å². The van der Waals surface area contributed by atoms with Crippen molar-refractivity contribution in [3.8, 4) is 0 Å². The molecule has 1 aromatic carbocycles. The Morgan fingerprint density at radius 2 is 1.96 bits per heavy atom. The van der Waals surface area contributed by atoms with E-state index in [2.05, 4.69) is 0 Å². The molecule has 1 aliphatic carbocycles. The molecule has 0 aromatic heterocycles. The molecule has 0 bridgehead atoms. The number of hydrogen-bond acceptors (Lipinski definition) is 3. The summed E-state index contributed by atoms with van der Waals surface area (Å²) in [6, 6.07) is 6.93. The van der Waals surface area contributed by atoms with E-state index in [1.807, 2.05) is 13.0 Å². The molecule has 1 unspecified atom stereocenters. The van der Waals surface area contributed by atoms with Crippen LogP contribution in [0, 0.1) is 5.92 Å². The normalized spacial score (nSPS) is 20.3. The van der Waals surface area contributed by atoms with Crippen LogP contribution >= 0.6 is 0 Å². The summed E-state index contributed by atoms with van der Waals surface area (Å²) < 4.78 is 51.5. The van der Waals surface area contributed by atoms with E-state index in [0.717, 1.165) is 12.0 Å². The highest BCUT2D eigenvalue weighted by Gasteiger charge is 2.36. The van der Waals surface area contributed by atoms with Gasteiger partial charge < -0.3 is 5.73 Å². The summed E-state index contributed by atoms with van der Waals surface area (Å²) in [6.45, 7) is 2.57. The van der Waals surface area contributed by atoms with E-state index in [9.17, 15) is 17.2 Å². The number of hydrogen-bond donors (Lipinski definition) is 1. The third-order valence-electron chi connectivity index (χ3n) is 4.68. The van der Waals surface area contributed by atoms with E-state index in [-0.39, 0.29) is 48.2 Å². The lowest BCUT2D eigenvalue weighted by molar-refractivity contribution is -0.0435. The molecule has 2 rings (SSSR count). The Morgan fingerprint density at radius 1 is 1.30 bits per heavy atom. The van der Waals surface area contributed by atoms with Crippen LogP contribution in [0.15, 0.2) is 29.2 Å². The predicted molar refractivity (Wildman–Crippen MR) is 87.5 cm³/mol. The first kappa shape index (κ1) is 18.3. The van der Waals surface area contributed by atoms with Crippen molar-refractivity contribution in [2.75, 3.05) is 12.3 Å². The maximum absolute atomic E-state index is 13.2. The van der Waals surface area contributed by atoms with Crippen molar-refractivity contribution in [2.45, 2.75) is 55.8 Å². The van der Waals surface area contributed by atoms with E-state index < -0.39 is 15.8 Å². The fourth-order valence-corrected chi connectivity index (χ4v) is 4.85. The van der Waals surface area contributed by atoms with Gasteiger partial charge in [-0.2, -0.15) is 0 Å². The van der Waals surface area contributed by atoms with Gasteiger partial charge in [-0.05, 0) is 55.3 Å². The Bertz CT molecular complexity index is 621. The SMILES string of the molecule is CC(CCN)c1cccc(S(=O)(=O)CC2CCC(F)(F)CC2)c1. The van der Waals surface area contributed by atoms with Gasteiger partial charge in [0.1, 0.15) is 0 Å². The molecule has 1 saturated carbocycles. The van der Waals surface area contributed by atoms with Crippen molar-refractivity contribution in [1.29, 1.82) is 0 Å². The van der Waals surface area contributed by atoms with Crippen LogP contribution < -0.4 is 5.73 Å². The molecule has 0 heterocycles. The van der Waals surface area contributed by atoms with Gasteiger partial charge in [0.2, 0.25) is 5.92 Å². The number of alkyl halides is 2. The minimum atomic E-state index is -3.44. The molecule has 0 amide bonds. The van der Waals surface area contributed by atoms with E-state index >= 15 is 0 Å². The molecule has 1 fully saturated rings. The van der Waals surface area contributed by atoms with Crippen molar-refractivity contribution < 1.29 is 17.2 Å². The monoisotopic (exact) mass is 345 g/mol. The second-order valence-electron chi connectivity index (χ2n) is 6.63. The Labute approximate surface area is 137 Å². The van der Waals surface area contributed by atoms with E-state index in [1.54, 1.807) is 18.2 Å². The molecule has 0 radical (unpaired) electrons. The highest BCUT2D eigenvalue weighted by Crippen LogP contribution is 2.37. The molecule has 3 nitrogen and oxygen atoms in total. The lowest BCUT2D eigenvalue weighted by Crippen LogP contribution is -2.28. The fourth-order valence-electron chi connectivity index (χ4n) is 3.10. The molecule has 0 spiro atoms. The lowest BCUT2D eigenvalue weighted by atomic mass is 9.88. The summed E-state index contributed by atoms with van der Waals surface area (Å²) in [4.78, 5) is 0.288. The third kappa shape index (κ3) is 4.98. The van der Waals surface area contributed by atoms with Crippen LogP contribution in [-0.2, 0) is 9.84 Å². The van der Waals surface area contributed by atoms with Crippen LogP contribution in [0.5, 0.6) is 0 Å².